The molecule has 1 N–H and O–H groups in total. The van der Waals surface area contributed by atoms with Crippen molar-refractivity contribution in [1.29, 1.82) is 0 Å². The van der Waals surface area contributed by atoms with Crippen molar-refractivity contribution in [3.05, 3.63) is 65.9 Å². The first-order chi connectivity index (χ1) is 14.1. The second-order valence-electron chi connectivity index (χ2n) is 6.43. The van der Waals surface area contributed by atoms with E-state index in [-0.39, 0.29) is 6.03 Å². The predicted octanol–water partition coefficient (Wildman–Crippen LogP) is 4.09. The maximum Gasteiger partial charge on any atom is 0.318 e. The van der Waals surface area contributed by atoms with Crippen molar-refractivity contribution in [3.63, 3.8) is 0 Å². The van der Waals surface area contributed by atoms with E-state index >= 15 is 0 Å². The smallest absolute Gasteiger partial charge is 0.318 e. The van der Waals surface area contributed by atoms with Gasteiger partial charge in [-0.25, -0.2) is 4.79 Å². The van der Waals surface area contributed by atoms with E-state index in [4.69, 9.17) is 14.0 Å². The third-order valence-electron chi connectivity index (χ3n) is 4.42. The summed E-state index contributed by atoms with van der Waals surface area (Å²) >= 11 is 0. The van der Waals surface area contributed by atoms with Gasteiger partial charge in [-0.15, -0.1) is 0 Å². The number of nitrogens with one attached hydrogen (secondary N) is 1. The molecule has 0 fully saturated rings. The summed E-state index contributed by atoms with van der Waals surface area (Å²) in [6, 6.07) is 17.0. The van der Waals surface area contributed by atoms with Crippen molar-refractivity contribution >= 4 is 6.03 Å². The van der Waals surface area contributed by atoms with Crippen molar-refractivity contribution in [2.24, 2.45) is 0 Å². The van der Waals surface area contributed by atoms with E-state index in [9.17, 15) is 4.79 Å². The second kappa shape index (κ2) is 9.64. The normalized spacial score (nSPS) is 10.4. The monoisotopic (exact) mass is 395 g/mol. The van der Waals surface area contributed by atoms with Crippen LogP contribution in [0.25, 0.3) is 11.3 Å². The van der Waals surface area contributed by atoms with Crippen LogP contribution in [-0.4, -0.2) is 36.9 Å². The predicted molar refractivity (Wildman–Crippen MR) is 110 cm³/mol. The molecule has 3 rings (SSSR count). The number of aromatic nitrogens is 1. The first-order valence-corrected chi connectivity index (χ1v) is 9.39. The maximum atomic E-state index is 12.5. The van der Waals surface area contributed by atoms with Gasteiger partial charge in [-0.3, -0.25) is 0 Å². The minimum atomic E-state index is -0.150. The number of hydrogen-bond acceptors (Lipinski definition) is 5. The molecule has 0 aliphatic heterocycles. The quantitative estimate of drug-likeness (QED) is 0.622. The van der Waals surface area contributed by atoms with Gasteiger partial charge < -0.3 is 24.2 Å². The standard InChI is InChI=1S/C22H25N3O4/c1-4-23-22(26)25(14-16-8-6-5-7-9-16)15-17-12-21(29-24-17)19-11-10-18(27-2)13-20(19)28-3/h5-13H,4,14-15H2,1-3H3,(H,23,26). The van der Waals surface area contributed by atoms with E-state index in [1.807, 2.05) is 55.5 Å². The van der Waals surface area contributed by atoms with Gasteiger partial charge in [0.15, 0.2) is 5.76 Å². The number of amides is 2. The highest BCUT2D eigenvalue weighted by atomic mass is 16.5. The Balaban J connectivity index is 1.81. The fraction of sp³-hybridized carbons (Fsp3) is 0.273. The summed E-state index contributed by atoms with van der Waals surface area (Å²) < 4.78 is 16.2. The maximum absolute atomic E-state index is 12.5. The first-order valence-electron chi connectivity index (χ1n) is 9.39. The van der Waals surface area contributed by atoms with Gasteiger partial charge in [-0.2, -0.15) is 0 Å². The number of benzene rings is 2. The van der Waals surface area contributed by atoms with Crippen LogP contribution in [0.1, 0.15) is 18.2 Å². The highest BCUT2D eigenvalue weighted by molar-refractivity contribution is 5.74. The van der Waals surface area contributed by atoms with Crippen LogP contribution in [-0.2, 0) is 13.1 Å². The lowest BCUT2D eigenvalue weighted by molar-refractivity contribution is 0.191. The molecule has 1 aromatic heterocycles. The number of hydrogen-bond donors (Lipinski definition) is 1. The summed E-state index contributed by atoms with van der Waals surface area (Å²) in [4.78, 5) is 14.2. The van der Waals surface area contributed by atoms with Crippen molar-refractivity contribution < 1.29 is 18.8 Å². The zero-order chi connectivity index (χ0) is 20.6. The number of carbonyl (C=O) groups excluding carboxylic acids is 1. The third-order valence-corrected chi connectivity index (χ3v) is 4.42. The average Bonchev–Trinajstić information content (AvgIpc) is 3.22. The summed E-state index contributed by atoms with van der Waals surface area (Å²) in [7, 11) is 3.19. The number of rotatable bonds is 8. The zero-order valence-electron chi connectivity index (χ0n) is 16.8. The molecule has 0 aliphatic rings. The number of nitrogens with zero attached hydrogens (tertiary/aromatic N) is 2. The SMILES string of the molecule is CCNC(=O)N(Cc1ccccc1)Cc1cc(-c2ccc(OC)cc2OC)on1. The van der Waals surface area contributed by atoms with Crippen LogP contribution in [0.3, 0.4) is 0 Å². The Morgan fingerprint density at radius 3 is 2.55 bits per heavy atom. The van der Waals surface area contributed by atoms with Crippen molar-refractivity contribution in [1.82, 2.24) is 15.4 Å². The van der Waals surface area contributed by atoms with Crippen molar-refractivity contribution in [3.8, 4) is 22.8 Å². The Morgan fingerprint density at radius 1 is 1.07 bits per heavy atom. The molecular formula is C22H25N3O4. The molecule has 0 bridgehead atoms. The Labute approximate surface area is 170 Å². The van der Waals surface area contributed by atoms with Crippen LogP contribution in [0.5, 0.6) is 11.5 Å². The molecule has 152 valence electrons. The van der Waals surface area contributed by atoms with Gasteiger partial charge in [0, 0.05) is 25.2 Å². The largest absolute Gasteiger partial charge is 0.497 e. The van der Waals surface area contributed by atoms with Gasteiger partial charge in [-0.05, 0) is 24.6 Å². The molecule has 1 heterocycles. The van der Waals surface area contributed by atoms with E-state index in [0.717, 1.165) is 11.1 Å². The summed E-state index contributed by atoms with van der Waals surface area (Å²) in [6.07, 6.45) is 0. The van der Waals surface area contributed by atoms with Gasteiger partial charge in [-0.1, -0.05) is 35.5 Å². The molecule has 0 radical (unpaired) electrons. The molecule has 0 atom stereocenters. The van der Waals surface area contributed by atoms with Gasteiger partial charge >= 0.3 is 6.03 Å². The Bertz CT molecular complexity index is 940. The van der Waals surface area contributed by atoms with Crippen LogP contribution >= 0.6 is 0 Å². The molecule has 0 saturated carbocycles. The minimum absolute atomic E-state index is 0.150. The van der Waals surface area contributed by atoms with E-state index in [1.54, 1.807) is 25.2 Å². The number of methoxy groups -OCH3 is 2. The van der Waals surface area contributed by atoms with Gasteiger partial charge in [0.05, 0.1) is 26.3 Å². The van der Waals surface area contributed by atoms with Crippen LogP contribution in [0, 0.1) is 0 Å². The fourth-order valence-corrected chi connectivity index (χ4v) is 2.98. The van der Waals surface area contributed by atoms with Crippen molar-refractivity contribution in [2.75, 3.05) is 20.8 Å². The van der Waals surface area contributed by atoms with Crippen molar-refractivity contribution in [2.45, 2.75) is 20.0 Å². The van der Waals surface area contributed by atoms with Crippen LogP contribution in [0.2, 0.25) is 0 Å². The van der Waals surface area contributed by atoms with Crippen LogP contribution in [0.15, 0.2) is 59.1 Å². The van der Waals surface area contributed by atoms with E-state index in [0.29, 0.717) is 42.6 Å². The lowest BCUT2D eigenvalue weighted by Crippen LogP contribution is -2.39. The molecule has 29 heavy (non-hydrogen) atoms. The van der Waals surface area contributed by atoms with Gasteiger partial charge in [0.25, 0.3) is 0 Å². The van der Waals surface area contributed by atoms with E-state index < -0.39 is 0 Å². The second-order valence-corrected chi connectivity index (χ2v) is 6.43. The van der Waals surface area contributed by atoms with Gasteiger partial charge in [0.1, 0.15) is 17.2 Å². The molecule has 2 amide bonds. The Hall–Kier alpha value is -3.48. The summed E-state index contributed by atoms with van der Waals surface area (Å²) in [5.74, 6) is 1.88. The number of carbonyl (C=O) groups is 1. The van der Waals surface area contributed by atoms with E-state index in [1.165, 1.54) is 0 Å². The molecule has 0 saturated heterocycles. The lowest BCUT2D eigenvalue weighted by Gasteiger charge is -2.21. The molecule has 0 unspecified atom stereocenters. The lowest BCUT2D eigenvalue weighted by atomic mass is 10.1. The summed E-state index contributed by atoms with van der Waals surface area (Å²) in [5, 5.41) is 7.00. The third kappa shape index (κ3) is 5.07. The van der Waals surface area contributed by atoms with Crippen LogP contribution in [0.4, 0.5) is 4.79 Å². The molecule has 7 heteroatoms. The molecule has 3 aromatic rings. The van der Waals surface area contributed by atoms with Gasteiger partial charge in [0.2, 0.25) is 0 Å². The highest BCUT2D eigenvalue weighted by Crippen LogP contribution is 2.33. The zero-order valence-corrected chi connectivity index (χ0v) is 16.8. The summed E-state index contributed by atoms with van der Waals surface area (Å²) in [6.45, 7) is 3.24. The van der Waals surface area contributed by atoms with Crippen LogP contribution < -0.4 is 14.8 Å². The molecule has 2 aromatic carbocycles. The number of ether oxygens (including phenoxy) is 2. The highest BCUT2D eigenvalue weighted by Gasteiger charge is 2.18. The summed E-state index contributed by atoms with van der Waals surface area (Å²) in [5.41, 5.74) is 2.46. The average molecular weight is 395 g/mol. The Morgan fingerprint density at radius 2 is 1.86 bits per heavy atom. The molecule has 7 nitrogen and oxygen atoms in total. The Kier molecular flexibility index (Phi) is 6.73. The first kappa shape index (κ1) is 20.3. The van der Waals surface area contributed by atoms with E-state index in [2.05, 4.69) is 10.5 Å². The fourth-order valence-electron chi connectivity index (χ4n) is 2.98. The molecule has 0 aliphatic carbocycles. The molecular weight excluding hydrogens is 370 g/mol. The molecule has 0 spiro atoms. The minimum Gasteiger partial charge on any atom is -0.497 e. The topological polar surface area (TPSA) is 76.8 Å². The number of urea groups is 1.